The standard InChI is InChI=1S/C12H10ClNO2/c13-10-3-1-2-4-11(10)16-12-6-5-9(8-15)7-14-12/h1-7,15H,8H2. The average Bonchev–Trinajstić information content (AvgIpc) is 2.33. The third-order valence-corrected chi connectivity index (χ3v) is 2.34. The predicted molar refractivity (Wildman–Crippen MR) is 61.7 cm³/mol. The Kier molecular flexibility index (Phi) is 3.39. The van der Waals surface area contributed by atoms with E-state index in [0.717, 1.165) is 5.56 Å². The second kappa shape index (κ2) is 4.96. The molecular weight excluding hydrogens is 226 g/mol. The zero-order valence-corrected chi connectivity index (χ0v) is 9.19. The number of benzene rings is 1. The number of aromatic nitrogens is 1. The summed E-state index contributed by atoms with van der Waals surface area (Å²) in [6, 6.07) is 10.6. The SMILES string of the molecule is OCc1ccc(Oc2ccccc2Cl)nc1. The molecule has 2 aromatic rings. The fraction of sp³-hybridized carbons (Fsp3) is 0.0833. The van der Waals surface area contributed by atoms with Crippen LogP contribution in [-0.2, 0) is 6.61 Å². The van der Waals surface area contributed by atoms with Crippen molar-refractivity contribution in [2.45, 2.75) is 6.61 Å². The molecule has 0 aliphatic rings. The van der Waals surface area contributed by atoms with Gasteiger partial charge in [-0.2, -0.15) is 0 Å². The Morgan fingerprint density at radius 3 is 2.62 bits per heavy atom. The number of pyridine rings is 1. The highest BCUT2D eigenvalue weighted by molar-refractivity contribution is 6.32. The van der Waals surface area contributed by atoms with Gasteiger partial charge in [0, 0.05) is 12.3 Å². The van der Waals surface area contributed by atoms with Crippen LogP contribution in [0.1, 0.15) is 5.56 Å². The number of ether oxygens (including phenoxy) is 1. The van der Waals surface area contributed by atoms with Crippen molar-refractivity contribution in [3.63, 3.8) is 0 Å². The first kappa shape index (κ1) is 10.9. The smallest absolute Gasteiger partial charge is 0.219 e. The molecule has 1 heterocycles. The number of hydrogen-bond donors (Lipinski definition) is 1. The van der Waals surface area contributed by atoms with E-state index in [1.165, 1.54) is 0 Å². The Balaban J connectivity index is 2.18. The topological polar surface area (TPSA) is 42.4 Å². The second-order valence-corrected chi connectivity index (χ2v) is 3.60. The molecule has 0 saturated carbocycles. The first-order valence-electron chi connectivity index (χ1n) is 4.78. The highest BCUT2D eigenvalue weighted by Crippen LogP contribution is 2.27. The minimum absolute atomic E-state index is 0.0284. The van der Waals surface area contributed by atoms with E-state index in [2.05, 4.69) is 4.98 Å². The van der Waals surface area contributed by atoms with Gasteiger partial charge in [-0.25, -0.2) is 4.98 Å². The summed E-state index contributed by atoms with van der Waals surface area (Å²) in [5, 5.41) is 9.40. The minimum Gasteiger partial charge on any atom is -0.437 e. The fourth-order valence-electron chi connectivity index (χ4n) is 1.20. The lowest BCUT2D eigenvalue weighted by Crippen LogP contribution is -1.90. The van der Waals surface area contributed by atoms with Gasteiger partial charge in [0.05, 0.1) is 11.6 Å². The summed E-state index contributed by atoms with van der Waals surface area (Å²) in [4.78, 5) is 4.05. The first-order valence-corrected chi connectivity index (χ1v) is 5.15. The van der Waals surface area contributed by atoms with Crippen LogP contribution in [0, 0.1) is 0 Å². The summed E-state index contributed by atoms with van der Waals surface area (Å²) in [6.45, 7) is -0.0284. The van der Waals surface area contributed by atoms with Crippen molar-refractivity contribution in [3.05, 3.63) is 53.2 Å². The number of rotatable bonds is 3. The van der Waals surface area contributed by atoms with Crippen LogP contribution in [0.4, 0.5) is 0 Å². The van der Waals surface area contributed by atoms with E-state index in [9.17, 15) is 0 Å². The van der Waals surface area contributed by atoms with Crippen molar-refractivity contribution in [2.24, 2.45) is 0 Å². The van der Waals surface area contributed by atoms with Gasteiger partial charge in [-0.05, 0) is 23.8 Å². The molecule has 0 amide bonds. The molecule has 1 aromatic heterocycles. The van der Waals surface area contributed by atoms with E-state index >= 15 is 0 Å². The van der Waals surface area contributed by atoms with E-state index in [4.69, 9.17) is 21.4 Å². The maximum absolute atomic E-state index is 8.86. The summed E-state index contributed by atoms with van der Waals surface area (Å²) in [7, 11) is 0. The Morgan fingerprint density at radius 1 is 1.19 bits per heavy atom. The molecule has 0 saturated heterocycles. The van der Waals surface area contributed by atoms with Crippen molar-refractivity contribution < 1.29 is 9.84 Å². The van der Waals surface area contributed by atoms with Gasteiger partial charge >= 0.3 is 0 Å². The van der Waals surface area contributed by atoms with Crippen molar-refractivity contribution >= 4 is 11.6 Å². The summed E-state index contributed by atoms with van der Waals surface area (Å²) >= 11 is 5.94. The Bertz CT molecular complexity index is 471. The van der Waals surface area contributed by atoms with Crippen LogP contribution in [0.5, 0.6) is 11.6 Å². The first-order chi connectivity index (χ1) is 7.79. The van der Waals surface area contributed by atoms with Crippen LogP contribution in [0.3, 0.4) is 0 Å². The molecule has 3 nitrogen and oxygen atoms in total. The average molecular weight is 236 g/mol. The lowest BCUT2D eigenvalue weighted by atomic mass is 10.3. The quantitative estimate of drug-likeness (QED) is 0.889. The zero-order chi connectivity index (χ0) is 11.4. The molecule has 0 aliphatic heterocycles. The van der Waals surface area contributed by atoms with Gasteiger partial charge in [0.1, 0.15) is 5.75 Å². The Hall–Kier alpha value is -1.58. The monoisotopic (exact) mass is 235 g/mol. The highest BCUT2D eigenvalue weighted by Gasteiger charge is 2.02. The maximum atomic E-state index is 8.86. The van der Waals surface area contributed by atoms with E-state index in [0.29, 0.717) is 16.7 Å². The van der Waals surface area contributed by atoms with E-state index < -0.39 is 0 Å². The molecule has 0 radical (unpaired) electrons. The summed E-state index contributed by atoms with van der Waals surface area (Å²) in [6.07, 6.45) is 1.56. The summed E-state index contributed by atoms with van der Waals surface area (Å²) in [5.74, 6) is 1.01. The van der Waals surface area contributed by atoms with Crippen molar-refractivity contribution in [3.8, 4) is 11.6 Å². The molecule has 0 spiro atoms. The number of aliphatic hydroxyl groups is 1. The van der Waals surface area contributed by atoms with Gasteiger partial charge in [0.25, 0.3) is 0 Å². The summed E-state index contributed by atoms with van der Waals surface area (Å²) in [5.41, 5.74) is 0.742. The second-order valence-electron chi connectivity index (χ2n) is 3.20. The van der Waals surface area contributed by atoms with Gasteiger partial charge in [-0.1, -0.05) is 23.7 Å². The predicted octanol–water partition coefficient (Wildman–Crippen LogP) is 3.02. The number of nitrogens with zero attached hydrogens (tertiary/aromatic N) is 1. The lowest BCUT2D eigenvalue weighted by Gasteiger charge is -2.06. The third kappa shape index (κ3) is 2.51. The number of halogens is 1. The molecule has 4 heteroatoms. The van der Waals surface area contributed by atoms with Gasteiger partial charge in [0.2, 0.25) is 5.88 Å². The van der Waals surface area contributed by atoms with E-state index in [1.807, 2.05) is 12.1 Å². The third-order valence-electron chi connectivity index (χ3n) is 2.03. The normalized spacial score (nSPS) is 10.1. The number of para-hydroxylation sites is 1. The molecule has 0 fully saturated rings. The van der Waals surface area contributed by atoms with Gasteiger partial charge in [0.15, 0.2) is 0 Å². The van der Waals surface area contributed by atoms with Crippen LogP contribution in [0.15, 0.2) is 42.6 Å². The number of hydrogen-bond acceptors (Lipinski definition) is 3. The van der Waals surface area contributed by atoms with Crippen LogP contribution in [0.25, 0.3) is 0 Å². The molecule has 0 aliphatic carbocycles. The molecule has 16 heavy (non-hydrogen) atoms. The number of aliphatic hydroxyl groups excluding tert-OH is 1. The lowest BCUT2D eigenvalue weighted by molar-refractivity contribution is 0.281. The zero-order valence-electron chi connectivity index (χ0n) is 8.43. The molecule has 2 rings (SSSR count). The van der Waals surface area contributed by atoms with Crippen molar-refractivity contribution in [2.75, 3.05) is 0 Å². The van der Waals surface area contributed by atoms with E-state index in [1.54, 1.807) is 30.5 Å². The molecule has 1 N–H and O–H groups in total. The van der Waals surface area contributed by atoms with Crippen molar-refractivity contribution in [1.29, 1.82) is 0 Å². The van der Waals surface area contributed by atoms with Crippen LogP contribution < -0.4 is 4.74 Å². The van der Waals surface area contributed by atoms with Crippen molar-refractivity contribution in [1.82, 2.24) is 4.98 Å². The Labute approximate surface area is 98.3 Å². The molecule has 0 atom stereocenters. The fourth-order valence-corrected chi connectivity index (χ4v) is 1.38. The van der Waals surface area contributed by atoms with Crippen LogP contribution in [0.2, 0.25) is 5.02 Å². The van der Waals surface area contributed by atoms with Gasteiger partial charge < -0.3 is 9.84 Å². The van der Waals surface area contributed by atoms with Gasteiger partial charge in [-0.15, -0.1) is 0 Å². The molecular formula is C12H10ClNO2. The minimum atomic E-state index is -0.0284. The maximum Gasteiger partial charge on any atom is 0.219 e. The largest absolute Gasteiger partial charge is 0.437 e. The molecule has 0 bridgehead atoms. The molecule has 82 valence electrons. The Morgan fingerprint density at radius 2 is 2.00 bits per heavy atom. The summed E-state index contributed by atoms with van der Waals surface area (Å²) < 4.78 is 5.48. The molecule has 1 aromatic carbocycles. The van der Waals surface area contributed by atoms with Gasteiger partial charge in [-0.3, -0.25) is 0 Å². The van der Waals surface area contributed by atoms with Crippen LogP contribution in [-0.4, -0.2) is 10.1 Å². The highest BCUT2D eigenvalue weighted by atomic mass is 35.5. The van der Waals surface area contributed by atoms with Crippen LogP contribution >= 0.6 is 11.6 Å². The molecule has 0 unspecified atom stereocenters. The van der Waals surface area contributed by atoms with E-state index in [-0.39, 0.29) is 6.61 Å².